The van der Waals surface area contributed by atoms with E-state index in [-0.39, 0.29) is 5.91 Å². The van der Waals surface area contributed by atoms with Gasteiger partial charge in [0.25, 0.3) is 5.91 Å². The highest BCUT2D eigenvalue weighted by molar-refractivity contribution is 7.09. The molecule has 0 aromatic carbocycles. The lowest BCUT2D eigenvalue weighted by Crippen LogP contribution is -2.41. The molecule has 128 valence electrons. The van der Waals surface area contributed by atoms with Crippen LogP contribution in [-0.4, -0.2) is 56.7 Å². The molecule has 4 rings (SSSR count). The number of carbonyl (C=O) groups is 1. The first-order valence-corrected chi connectivity index (χ1v) is 9.32. The molecule has 1 spiro atoms. The summed E-state index contributed by atoms with van der Waals surface area (Å²) in [6, 6.07) is 0.636. The molecule has 3 heterocycles. The Morgan fingerprint density at radius 1 is 1.46 bits per heavy atom. The summed E-state index contributed by atoms with van der Waals surface area (Å²) in [5.41, 5.74) is 1.11. The van der Waals surface area contributed by atoms with Crippen LogP contribution in [0.3, 0.4) is 0 Å². The Morgan fingerprint density at radius 2 is 2.25 bits per heavy atom. The van der Waals surface area contributed by atoms with Crippen molar-refractivity contribution in [3.8, 4) is 0 Å². The second-order valence-corrected chi connectivity index (χ2v) is 8.10. The van der Waals surface area contributed by atoms with E-state index in [1.54, 1.807) is 28.4 Å². The maximum atomic E-state index is 12.5. The largest absolute Gasteiger partial charge is 0.339 e. The first-order chi connectivity index (χ1) is 11.6. The molecule has 6 nitrogen and oxygen atoms in total. The molecule has 0 N–H and O–H groups in total. The summed E-state index contributed by atoms with van der Waals surface area (Å²) in [7, 11) is 4.04. The zero-order chi connectivity index (χ0) is 16.7. The highest BCUT2D eigenvalue weighted by Gasteiger charge is 2.56. The van der Waals surface area contributed by atoms with Gasteiger partial charge in [0, 0.05) is 44.0 Å². The molecule has 2 aromatic heterocycles. The number of nitrogens with zero attached hydrogens (tertiary/aromatic N) is 5. The molecule has 2 fully saturated rings. The van der Waals surface area contributed by atoms with Crippen LogP contribution in [0.5, 0.6) is 0 Å². The average Bonchev–Trinajstić information content (AvgIpc) is 2.95. The van der Waals surface area contributed by atoms with Crippen molar-refractivity contribution >= 4 is 17.2 Å². The summed E-state index contributed by atoms with van der Waals surface area (Å²) < 4.78 is 1.68. The molecule has 1 atom stereocenters. The van der Waals surface area contributed by atoms with Crippen LogP contribution in [0.4, 0.5) is 0 Å². The third-order valence-corrected chi connectivity index (χ3v) is 6.31. The number of rotatable bonds is 4. The van der Waals surface area contributed by atoms with E-state index in [4.69, 9.17) is 0 Å². The topological polar surface area (TPSA) is 54.3 Å². The lowest BCUT2D eigenvalue weighted by atomic mass is 9.92. The maximum Gasteiger partial charge on any atom is 0.257 e. The SMILES string of the molecule is CN(Cc1nccs1)[C@H]1CC12CCN(C(=O)c1cnn(C)c1)CC2. The molecule has 7 heteroatoms. The predicted molar refractivity (Wildman–Crippen MR) is 92.8 cm³/mol. The second-order valence-electron chi connectivity index (χ2n) is 7.12. The molecule has 1 amide bonds. The zero-order valence-corrected chi connectivity index (χ0v) is 15.0. The summed E-state index contributed by atoms with van der Waals surface area (Å²) in [4.78, 5) is 21.3. The molecule has 1 saturated heterocycles. The molecule has 1 aliphatic carbocycles. The van der Waals surface area contributed by atoms with E-state index in [1.165, 1.54) is 11.4 Å². The number of aryl methyl sites for hydroxylation is 1. The zero-order valence-electron chi connectivity index (χ0n) is 14.2. The van der Waals surface area contributed by atoms with E-state index in [9.17, 15) is 4.79 Å². The van der Waals surface area contributed by atoms with Crippen molar-refractivity contribution in [1.82, 2.24) is 24.6 Å². The molecular weight excluding hydrogens is 322 g/mol. The third-order valence-electron chi connectivity index (χ3n) is 5.55. The van der Waals surface area contributed by atoms with Gasteiger partial charge < -0.3 is 4.90 Å². The van der Waals surface area contributed by atoms with Crippen LogP contribution >= 0.6 is 11.3 Å². The molecule has 1 saturated carbocycles. The first kappa shape index (κ1) is 15.8. The van der Waals surface area contributed by atoms with Crippen molar-refractivity contribution < 1.29 is 4.79 Å². The Morgan fingerprint density at radius 3 is 2.88 bits per heavy atom. The van der Waals surface area contributed by atoms with Gasteiger partial charge in [0.05, 0.1) is 18.3 Å². The minimum atomic E-state index is 0.117. The molecule has 0 radical (unpaired) electrons. The molecule has 2 aromatic rings. The average molecular weight is 345 g/mol. The minimum absolute atomic E-state index is 0.117. The number of hydrogen-bond acceptors (Lipinski definition) is 5. The highest BCUT2D eigenvalue weighted by Crippen LogP contribution is 2.56. The van der Waals surface area contributed by atoms with Crippen molar-refractivity contribution in [2.45, 2.75) is 31.8 Å². The summed E-state index contributed by atoms with van der Waals surface area (Å²) in [5.74, 6) is 0.117. The number of hydrogen-bond donors (Lipinski definition) is 0. The summed E-state index contributed by atoms with van der Waals surface area (Å²) >= 11 is 1.72. The molecule has 2 aliphatic rings. The Balaban J connectivity index is 1.33. The Labute approximate surface area is 146 Å². The number of likely N-dealkylation sites (tertiary alicyclic amines) is 1. The quantitative estimate of drug-likeness (QED) is 0.850. The fourth-order valence-electron chi connectivity index (χ4n) is 4.01. The summed E-state index contributed by atoms with van der Waals surface area (Å²) in [6.45, 7) is 2.65. The molecule has 0 bridgehead atoms. The van der Waals surface area contributed by atoms with Crippen LogP contribution in [0.25, 0.3) is 0 Å². The summed E-state index contributed by atoms with van der Waals surface area (Å²) in [5, 5.41) is 7.32. The number of piperidine rings is 1. The number of thiazole rings is 1. The maximum absolute atomic E-state index is 12.5. The van der Waals surface area contributed by atoms with Crippen molar-refractivity contribution in [3.05, 3.63) is 34.5 Å². The van der Waals surface area contributed by atoms with E-state index < -0.39 is 0 Å². The van der Waals surface area contributed by atoms with Gasteiger partial charge in [-0.1, -0.05) is 0 Å². The number of aromatic nitrogens is 3. The van der Waals surface area contributed by atoms with E-state index in [0.29, 0.717) is 17.0 Å². The Kier molecular flexibility index (Phi) is 3.92. The van der Waals surface area contributed by atoms with Gasteiger partial charge in [0.1, 0.15) is 5.01 Å². The van der Waals surface area contributed by atoms with Crippen molar-refractivity contribution in [3.63, 3.8) is 0 Å². The van der Waals surface area contributed by atoms with E-state index in [1.807, 2.05) is 23.5 Å². The standard InChI is InChI=1S/C17H23N5OS/c1-20(12-15-18-5-8-24-15)14-9-17(14)3-6-22(7-4-17)16(23)13-10-19-21(2)11-13/h5,8,10-11,14H,3-4,6-7,9,12H2,1-2H3/t14-/m0/s1. The van der Waals surface area contributed by atoms with Crippen molar-refractivity contribution in [2.24, 2.45) is 12.5 Å². The predicted octanol–water partition coefficient (Wildman–Crippen LogP) is 2.00. The first-order valence-electron chi connectivity index (χ1n) is 8.44. The van der Waals surface area contributed by atoms with Gasteiger partial charge >= 0.3 is 0 Å². The Hall–Kier alpha value is -1.73. The van der Waals surface area contributed by atoms with Crippen LogP contribution in [0.2, 0.25) is 0 Å². The molecular formula is C17H23N5OS. The van der Waals surface area contributed by atoms with Gasteiger partial charge in [0.15, 0.2) is 0 Å². The van der Waals surface area contributed by atoms with E-state index in [2.05, 4.69) is 22.0 Å². The highest BCUT2D eigenvalue weighted by atomic mass is 32.1. The van der Waals surface area contributed by atoms with Gasteiger partial charge in [-0.25, -0.2) is 4.98 Å². The lowest BCUT2D eigenvalue weighted by molar-refractivity contribution is 0.0657. The van der Waals surface area contributed by atoms with Crippen LogP contribution in [0, 0.1) is 5.41 Å². The van der Waals surface area contributed by atoms with Crippen molar-refractivity contribution in [1.29, 1.82) is 0 Å². The lowest BCUT2D eigenvalue weighted by Gasteiger charge is -2.34. The van der Waals surface area contributed by atoms with Gasteiger partial charge in [-0.15, -0.1) is 11.3 Å². The second kappa shape index (κ2) is 5.97. The van der Waals surface area contributed by atoms with Crippen LogP contribution < -0.4 is 0 Å². The monoisotopic (exact) mass is 345 g/mol. The van der Waals surface area contributed by atoms with Gasteiger partial charge in [-0.05, 0) is 31.7 Å². The van der Waals surface area contributed by atoms with Gasteiger partial charge in [-0.3, -0.25) is 14.4 Å². The third kappa shape index (κ3) is 2.86. The molecule has 0 unspecified atom stereocenters. The smallest absolute Gasteiger partial charge is 0.257 e. The van der Waals surface area contributed by atoms with Crippen LogP contribution in [0.15, 0.2) is 24.0 Å². The summed E-state index contributed by atoms with van der Waals surface area (Å²) in [6.07, 6.45) is 8.80. The van der Waals surface area contributed by atoms with Crippen molar-refractivity contribution in [2.75, 3.05) is 20.1 Å². The van der Waals surface area contributed by atoms with Crippen LogP contribution in [0.1, 0.15) is 34.6 Å². The fraction of sp³-hybridized carbons (Fsp3) is 0.588. The fourth-order valence-corrected chi connectivity index (χ4v) is 4.69. The normalized spacial score (nSPS) is 22.3. The van der Waals surface area contributed by atoms with E-state index in [0.717, 1.165) is 32.5 Å². The number of amides is 1. The van der Waals surface area contributed by atoms with Gasteiger partial charge in [0.2, 0.25) is 0 Å². The minimum Gasteiger partial charge on any atom is -0.339 e. The molecule has 1 aliphatic heterocycles. The molecule has 24 heavy (non-hydrogen) atoms. The van der Waals surface area contributed by atoms with E-state index >= 15 is 0 Å². The number of carbonyl (C=O) groups excluding carboxylic acids is 1. The van der Waals surface area contributed by atoms with Crippen LogP contribution in [-0.2, 0) is 13.6 Å². The Bertz CT molecular complexity index is 717. The van der Waals surface area contributed by atoms with Gasteiger partial charge in [-0.2, -0.15) is 5.10 Å².